The molecular formula is C16H22FNO2S. The van der Waals surface area contributed by atoms with Crippen molar-refractivity contribution in [2.75, 3.05) is 23.4 Å². The summed E-state index contributed by atoms with van der Waals surface area (Å²) in [4.78, 5) is 11.6. The summed E-state index contributed by atoms with van der Waals surface area (Å²) in [5, 5.41) is 2.56. The number of nitrogens with one attached hydrogen (secondary N) is 1. The van der Waals surface area contributed by atoms with Gasteiger partial charge in [-0.15, -0.1) is 0 Å². The van der Waals surface area contributed by atoms with Crippen LogP contribution >= 0.6 is 11.8 Å². The first-order valence-electron chi connectivity index (χ1n) is 7.37. The van der Waals surface area contributed by atoms with Crippen molar-refractivity contribution in [3.8, 4) is 0 Å². The van der Waals surface area contributed by atoms with E-state index in [0.717, 1.165) is 29.9 Å². The van der Waals surface area contributed by atoms with Gasteiger partial charge in [0.15, 0.2) is 0 Å². The summed E-state index contributed by atoms with van der Waals surface area (Å²) in [6, 6.07) is 4.92. The van der Waals surface area contributed by atoms with Gasteiger partial charge in [0.05, 0.1) is 6.61 Å². The molecule has 0 bridgehead atoms. The van der Waals surface area contributed by atoms with Crippen molar-refractivity contribution >= 4 is 23.5 Å². The molecule has 0 saturated carbocycles. The zero-order chi connectivity index (χ0) is 15.2. The Labute approximate surface area is 129 Å². The topological polar surface area (TPSA) is 38.3 Å². The van der Waals surface area contributed by atoms with E-state index >= 15 is 0 Å². The highest BCUT2D eigenvalue weighted by Crippen LogP contribution is 2.33. The Balaban J connectivity index is 1.96. The fourth-order valence-corrected chi connectivity index (χ4v) is 3.45. The number of rotatable bonds is 4. The maximum absolute atomic E-state index is 14.2. The Morgan fingerprint density at radius 2 is 2.14 bits per heavy atom. The smallest absolute Gasteiger partial charge is 0.411 e. The Hall–Kier alpha value is -1.23. The second kappa shape index (κ2) is 7.69. The van der Waals surface area contributed by atoms with Crippen molar-refractivity contribution in [1.82, 2.24) is 0 Å². The molecule has 1 aromatic carbocycles. The molecule has 21 heavy (non-hydrogen) atoms. The van der Waals surface area contributed by atoms with E-state index in [1.54, 1.807) is 12.1 Å². The van der Waals surface area contributed by atoms with Gasteiger partial charge in [0.25, 0.3) is 0 Å². The van der Waals surface area contributed by atoms with Crippen LogP contribution in [0.2, 0.25) is 0 Å². The molecule has 5 heteroatoms. The van der Waals surface area contributed by atoms with Crippen LogP contribution in [-0.2, 0) is 4.74 Å². The number of ether oxygens (including phenoxy) is 1. The lowest BCUT2D eigenvalue weighted by Crippen LogP contribution is -2.17. The van der Waals surface area contributed by atoms with E-state index in [1.807, 2.05) is 25.6 Å². The molecule has 1 aliphatic rings. The number of benzene rings is 1. The van der Waals surface area contributed by atoms with Gasteiger partial charge < -0.3 is 4.74 Å². The van der Waals surface area contributed by atoms with Crippen molar-refractivity contribution in [3.05, 3.63) is 29.6 Å². The molecule has 1 heterocycles. The molecule has 1 saturated heterocycles. The van der Waals surface area contributed by atoms with Crippen molar-refractivity contribution in [2.45, 2.75) is 32.6 Å². The molecule has 1 amide bonds. The van der Waals surface area contributed by atoms with Gasteiger partial charge in [0.1, 0.15) is 5.82 Å². The molecule has 0 aromatic heterocycles. The van der Waals surface area contributed by atoms with Gasteiger partial charge in [-0.25, -0.2) is 9.18 Å². The monoisotopic (exact) mass is 311 g/mol. The Bertz CT molecular complexity index is 487. The standard InChI is InChI=1S/C16H22FNO2S/c1-11(2)10-20-16(19)18-13-3-4-14(15(17)9-13)12-5-7-21-8-6-12/h3-4,9,11-12H,5-8,10H2,1-2H3,(H,18,19). The van der Waals surface area contributed by atoms with Crippen LogP contribution in [0.25, 0.3) is 0 Å². The summed E-state index contributed by atoms with van der Waals surface area (Å²) in [5.74, 6) is 2.51. The van der Waals surface area contributed by atoms with Crippen LogP contribution in [0.15, 0.2) is 18.2 Å². The van der Waals surface area contributed by atoms with E-state index in [4.69, 9.17) is 4.74 Å². The van der Waals surface area contributed by atoms with Crippen molar-refractivity contribution in [1.29, 1.82) is 0 Å². The third kappa shape index (κ3) is 4.92. The van der Waals surface area contributed by atoms with Gasteiger partial charge in [-0.05, 0) is 53.9 Å². The number of carbonyl (C=O) groups is 1. The van der Waals surface area contributed by atoms with Gasteiger partial charge in [0, 0.05) is 5.69 Å². The number of hydrogen-bond acceptors (Lipinski definition) is 3. The maximum atomic E-state index is 14.2. The predicted molar refractivity (Wildman–Crippen MR) is 85.5 cm³/mol. The maximum Gasteiger partial charge on any atom is 0.411 e. The number of halogens is 1. The highest BCUT2D eigenvalue weighted by atomic mass is 32.2. The summed E-state index contributed by atoms with van der Waals surface area (Å²) in [6.45, 7) is 4.28. The van der Waals surface area contributed by atoms with E-state index < -0.39 is 6.09 Å². The van der Waals surface area contributed by atoms with Crippen LogP contribution in [0.1, 0.15) is 38.2 Å². The summed E-state index contributed by atoms with van der Waals surface area (Å²) >= 11 is 1.92. The lowest BCUT2D eigenvalue weighted by Gasteiger charge is -2.22. The van der Waals surface area contributed by atoms with Crippen LogP contribution in [0.5, 0.6) is 0 Å². The molecule has 0 unspecified atom stereocenters. The van der Waals surface area contributed by atoms with E-state index in [1.165, 1.54) is 6.07 Å². The van der Waals surface area contributed by atoms with Crippen molar-refractivity contribution in [3.63, 3.8) is 0 Å². The fraction of sp³-hybridized carbons (Fsp3) is 0.562. The fourth-order valence-electron chi connectivity index (χ4n) is 2.34. The molecule has 1 aromatic rings. The van der Waals surface area contributed by atoms with Gasteiger partial charge in [-0.3, -0.25) is 5.32 Å². The van der Waals surface area contributed by atoms with Crippen LogP contribution in [0.3, 0.4) is 0 Å². The van der Waals surface area contributed by atoms with E-state index in [2.05, 4.69) is 5.32 Å². The van der Waals surface area contributed by atoms with Gasteiger partial charge in [-0.2, -0.15) is 11.8 Å². The lowest BCUT2D eigenvalue weighted by atomic mass is 9.93. The quantitative estimate of drug-likeness (QED) is 0.880. The second-order valence-corrected chi connectivity index (χ2v) is 6.96. The summed E-state index contributed by atoms with van der Waals surface area (Å²) < 4.78 is 19.2. The third-order valence-corrected chi connectivity index (χ3v) is 4.50. The Kier molecular flexibility index (Phi) is 5.91. The normalized spacial score (nSPS) is 16.0. The van der Waals surface area contributed by atoms with Crippen molar-refractivity contribution < 1.29 is 13.9 Å². The lowest BCUT2D eigenvalue weighted by molar-refractivity contribution is 0.147. The van der Waals surface area contributed by atoms with Gasteiger partial charge >= 0.3 is 6.09 Å². The summed E-state index contributed by atoms with van der Waals surface area (Å²) in [6.07, 6.45) is 1.50. The molecule has 1 aliphatic heterocycles. The molecule has 1 fully saturated rings. The minimum absolute atomic E-state index is 0.242. The summed E-state index contributed by atoms with van der Waals surface area (Å²) in [7, 11) is 0. The first-order chi connectivity index (χ1) is 10.1. The molecule has 0 atom stereocenters. The van der Waals surface area contributed by atoms with Gasteiger partial charge in [0.2, 0.25) is 0 Å². The second-order valence-electron chi connectivity index (χ2n) is 5.74. The molecule has 0 spiro atoms. The number of thioether (sulfide) groups is 1. The number of anilines is 1. The molecule has 1 N–H and O–H groups in total. The number of amides is 1. The molecule has 0 aliphatic carbocycles. The van der Waals surface area contributed by atoms with Crippen LogP contribution in [0, 0.1) is 11.7 Å². The van der Waals surface area contributed by atoms with Gasteiger partial charge in [-0.1, -0.05) is 19.9 Å². The Morgan fingerprint density at radius 1 is 1.43 bits per heavy atom. The number of hydrogen-bond donors (Lipinski definition) is 1. The molecule has 116 valence electrons. The third-order valence-electron chi connectivity index (χ3n) is 3.46. The van der Waals surface area contributed by atoms with E-state index in [-0.39, 0.29) is 11.7 Å². The zero-order valence-corrected chi connectivity index (χ0v) is 13.3. The van der Waals surface area contributed by atoms with Crippen LogP contribution < -0.4 is 5.32 Å². The van der Waals surface area contributed by atoms with Crippen LogP contribution in [-0.4, -0.2) is 24.2 Å². The minimum Gasteiger partial charge on any atom is -0.449 e. The molecular weight excluding hydrogens is 289 g/mol. The average Bonchev–Trinajstić information content (AvgIpc) is 2.46. The molecule has 2 rings (SSSR count). The highest BCUT2D eigenvalue weighted by molar-refractivity contribution is 7.99. The van der Waals surface area contributed by atoms with E-state index in [9.17, 15) is 9.18 Å². The van der Waals surface area contributed by atoms with Crippen LogP contribution in [0.4, 0.5) is 14.9 Å². The molecule has 0 radical (unpaired) electrons. The molecule has 3 nitrogen and oxygen atoms in total. The summed E-state index contributed by atoms with van der Waals surface area (Å²) in [5.41, 5.74) is 1.20. The SMILES string of the molecule is CC(C)COC(=O)Nc1ccc(C2CCSCC2)c(F)c1. The average molecular weight is 311 g/mol. The number of carbonyl (C=O) groups excluding carboxylic acids is 1. The minimum atomic E-state index is -0.537. The van der Waals surface area contributed by atoms with Crippen molar-refractivity contribution in [2.24, 2.45) is 5.92 Å². The van der Waals surface area contributed by atoms with E-state index in [0.29, 0.717) is 18.2 Å². The highest BCUT2D eigenvalue weighted by Gasteiger charge is 2.19. The predicted octanol–water partition coefficient (Wildman–Crippen LogP) is 4.64. The first-order valence-corrected chi connectivity index (χ1v) is 8.52. The first kappa shape index (κ1) is 16.1. The Morgan fingerprint density at radius 3 is 2.76 bits per heavy atom. The zero-order valence-electron chi connectivity index (χ0n) is 12.5. The largest absolute Gasteiger partial charge is 0.449 e.